The molecule has 0 radical (unpaired) electrons. The first-order valence-corrected chi connectivity index (χ1v) is 22.0. The van der Waals surface area contributed by atoms with E-state index in [9.17, 15) is 29.1 Å². The molecule has 1 aliphatic carbocycles. The Bertz CT molecular complexity index is 2490. The van der Waals surface area contributed by atoms with Gasteiger partial charge >= 0.3 is 18.0 Å². The number of carbonyl (C=O) groups excluding carboxylic acids is 4. The van der Waals surface area contributed by atoms with E-state index in [1.165, 1.54) is 16.7 Å². The van der Waals surface area contributed by atoms with Gasteiger partial charge in [-0.05, 0) is 58.4 Å². The normalized spacial score (nSPS) is 12.5. The number of hydrogen-bond donors (Lipinski definition) is 3. The van der Waals surface area contributed by atoms with Crippen LogP contribution in [0.2, 0.25) is 0 Å². The zero-order chi connectivity index (χ0) is 46.7. The van der Waals surface area contributed by atoms with Crippen molar-refractivity contribution in [1.82, 2.24) is 45.7 Å². The summed E-state index contributed by atoms with van der Waals surface area (Å²) in [5, 5.41) is 36.4. The summed E-state index contributed by atoms with van der Waals surface area (Å²) in [5.41, 5.74) is 11.8. The molecule has 7 rings (SSSR count). The van der Waals surface area contributed by atoms with Crippen molar-refractivity contribution in [3.8, 4) is 33.9 Å². The number of tetrazole rings is 2. The van der Waals surface area contributed by atoms with E-state index in [0.29, 0.717) is 50.2 Å². The van der Waals surface area contributed by atoms with Crippen molar-refractivity contribution in [2.75, 3.05) is 13.7 Å². The quantitative estimate of drug-likeness (QED) is 0.0478. The monoisotopic (exact) mass is 898 g/mol. The summed E-state index contributed by atoms with van der Waals surface area (Å²) in [7, 11) is 1.32. The number of fused-ring (bicyclic) bond motifs is 3. The molecule has 2 atom stereocenters. The Morgan fingerprint density at radius 3 is 1.61 bits per heavy atom. The van der Waals surface area contributed by atoms with E-state index in [4.69, 9.17) is 10.5 Å². The lowest BCUT2D eigenvalue weighted by Gasteiger charge is -2.17. The van der Waals surface area contributed by atoms with Gasteiger partial charge in [0.05, 0.1) is 7.11 Å². The number of benzene rings is 4. The van der Waals surface area contributed by atoms with Gasteiger partial charge in [-0.1, -0.05) is 135 Å². The molecule has 0 saturated heterocycles. The average molecular weight is 899 g/mol. The number of nitrogens with one attached hydrogen (secondary N) is 1. The van der Waals surface area contributed by atoms with Crippen molar-refractivity contribution in [2.24, 2.45) is 5.73 Å². The van der Waals surface area contributed by atoms with Crippen LogP contribution in [0.1, 0.15) is 81.3 Å². The Hall–Kier alpha value is -7.47. The molecule has 0 fully saturated rings. The molecule has 18 nitrogen and oxygen atoms in total. The summed E-state index contributed by atoms with van der Waals surface area (Å²) in [6.07, 6.45) is 4.92. The van der Waals surface area contributed by atoms with Crippen LogP contribution in [0.5, 0.6) is 0 Å². The first kappa shape index (κ1) is 48.0. The number of esters is 1. The predicted octanol–water partition coefficient (Wildman–Crippen LogP) is 6.21. The molecule has 4 N–H and O–H groups in total. The average Bonchev–Trinajstić information content (AvgIpc) is 4.09. The first-order valence-electron chi connectivity index (χ1n) is 22.0. The number of rotatable bonds is 23. The number of aromatic nitrogens is 8. The van der Waals surface area contributed by atoms with Crippen molar-refractivity contribution >= 4 is 29.6 Å². The summed E-state index contributed by atoms with van der Waals surface area (Å²) in [6, 6.07) is 33.3. The second-order valence-electron chi connectivity index (χ2n) is 15.8. The number of methoxy groups -OCH3 is 1. The molecule has 6 aromatic rings. The number of nitrogens with two attached hydrogens (primary N) is 1. The lowest BCUT2D eigenvalue weighted by molar-refractivity contribution is -0.142. The molecule has 66 heavy (non-hydrogen) atoms. The van der Waals surface area contributed by atoms with Crippen LogP contribution in [0, 0.1) is 0 Å². The molecular weight excluding hydrogens is 845 g/mol. The lowest BCUT2D eigenvalue weighted by atomic mass is 9.98. The minimum absolute atomic E-state index is 0.0287. The number of amides is 1. The Morgan fingerprint density at radius 1 is 0.652 bits per heavy atom. The molecule has 0 saturated carbocycles. The highest BCUT2D eigenvalue weighted by atomic mass is 16.5. The smallest absolute Gasteiger partial charge is 0.407 e. The highest BCUT2D eigenvalue weighted by molar-refractivity contribution is 5.81. The number of hydrogen-bond acceptors (Lipinski definition) is 14. The lowest BCUT2D eigenvalue weighted by Crippen LogP contribution is -2.41. The van der Waals surface area contributed by atoms with Crippen LogP contribution in [0.3, 0.4) is 0 Å². The van der Waals surface area contributed by atoms with E-state index in [1.807, 2.05) is 97.1 Å². The zero-order valence-corrected chi connectivity index (χ0v) is 36.8. The first-order chi connectivity index (χ1) is 32.1. The van der Waals surface area contributed by atoms with Crippen LogP contribution in [-0.2, 0) is 41.7 Å². The van der Waals surface area contributed by atoms with Gasteiger partial charge in [-0.2, -0.15) is 9.59 Å². The maximum absolute atomic E-state index is 12.5. The Kier molecular flexibility index (Phi) is 17.9. The maximum atomic E-state index is 12.5. The van der Waals surface area contributed by atoms with E-state index < -0.39 is 30.1 Å². The number of alkyl carbamates (subject to hydrolysis) is 1. The number of ketones is 2. The van der Waals surface area contributed by atoms with E-state index >= 15 is 0 Å². The highest BCUT2D eigenvalue weighted by Crippen LogP contribution is 2.44. The third-order valence-electron chi connectivity index (χ3n) is 11.0. The molecular formula is C48H54N10O8. The van der Waals surface area contributed by atoms with Crippen LogP contribution in [-0.4, -0.2) is 101 Å². The number of Topliss-reactive ketones (excluding diaryl/α,β-unsaturated/α-hetero) is 2. The molecule has 2 aromatic heterocycles. The molecule has 0 aliphatic heterocycles. The Labute approximate surface area is 381 Å². The summed E-state index contributed by atoms with van der Waals surface area (Å²) in [4.78, 5) is 62.4. The van der Waals surface area contributed by atoms with Crippen LogP contribution in [0.4, 0.5) is 4.79 Å². The third-order valence-corrected chi connectivity index (χ3v) is 11.0. The minimum Gasteiger partial charge on any atom is -0.480 e. The van der Waals surface area contributed by atoms with Gasteiger partial charge < -0.3 is 25.6 Å². The molecule has 18 heteroatoms. The predicted molar refractivity (Wildman–Crippen MR) is 242 cm³/mol. The highest BCUT2D eigenvalue weighted by Gasteiger charge is 2.30. The van der Waals surface area contributed by atoms with E-state index in [1.54, 1.807) is 0 Å². The van der Waals surface area contributed by atoms with Crippen LogP contribution in [0.25, 0.3) is 33.9 Å². The topological polar surface area (TPSA) is 249 Å². The summed E-state index contributed by atoms with van der Waals surface area (Å²) in [6.45, 7) is 0.254. The van der Waals surface area contributed by atoms with E-state index in [-0.39, 0.29) is 43.6 Å². The summed E-state index contributed by atoms with van der Waals surface area (Å²) >= 11 is 0. The fourth-order valence-corrected chi connectivity index (χ4v) is 7.52. The summed E-state index contributed by atoms with van der Waals surface area (Å²) < 4.78 is 10.1. The second-order valence-corrected chi connectivity index (χ2v) is 15.8. The number of ether oxygens (including phenoxy) is 2. The molecule has 2 heterocycles. The molecule has 0 bridgehead atoms. The molecule has 0 spiro atoms. The molecule has 4 aromatic carbocycles. The van der Waals surface area contributed by atoms with Crippen LogP contribution < -0.4 is 11.1 Å². The zero-order valence-electron chi connectivity index (χ0n) is 36.8. The standard InChI is InChI=1S/C31H31N5O5.C17H23N5O3/c37-22(19-36-34-29(33-35-36)21-11-3-1-4-12-21)13-5-2-6-18-28(30(38)39)32-31(40)41-20-27-25-16-9-7-14-23(25)24-15-8-10-17-26(24)27;1-25-17(24)15(18)11-7-3-6-10-14(23)12-22-20-16(19-21-22)13-8-4-2-5-9-13/h1,3-4,7-12,14-17,27-28H,2,5-6,13,18-20H2,(H,32,40)(H,38,39);2,4-5,8-9,15H,3,6-7,10-12,18H2,1H3/t28-;15-/m00/s1. The summed E-state index contributed by atoms with van der Waals surface area (Å²) in [5.74, 6) is -0.648. The fraction of sp³-hybridized carbons (Fsp3) is 0.354. The largest absolute Gasteiger partial charge is 0.480 e. The van der Waals surface area contributed by atoms with Gasteiger partial charge in [0.2, 0.25) is 11.6 Å². The van der Waals surface area contributed by atoms with Crippen molar-refractivity contribution in [2.45, 2.75) is 95.3 Å². The number of aliphatic carboxylic acids is 1. The van der Waals surface area contributed by atoms with Gasteiger partial charge in [0, 0.05) is 29.9 Å². The van der Waals surface area contributed by atoms with Crippen molar-refractivity contribution in [1.29, 1.82) is 0 Å². The number of carboxylic acids is 1. The molecule has 1 aliphatic rings. The number of carbonyl (C=O) groups is 5. The number of nitrogens with zero attached hydrogens (tertiary/aromatic N) is 8. The van der Waals surface area contributed by atoms with Gasteiger partial charge in [-0.3, -0.25) is 14.4 Å². The minimum atomic E-state index is -1.12. The van der Waals surface area contributed by atoms with Gasteiger partial charge in [0.15, 0.2) is 11.6 Å². The SMILES string of the molecule is COC(=O)[C@@H](N)CCCCCC(=O)Cn1nnc(-c2ccccc2)n1.O=C(CCCCC[C@H](NC(=O)OCC1c2ccccc2-c2ccccc21)C(=O)O)Cn1nnc(-c2ccccc2)n1. The number of carboxylic acid groups (broad SMARTS) is 1. The van der Waals surface area contributed by atoms with E-state index in [2.05, 4.69) is 53.0 Å². The van der Waals surface area contributed by atoms with Crippen LogP contribution >= 0.6 is 0 Å². The second kappa shape index (κ2) is 24.6. The van der Waals surface area contributed by atoms with Crippen molar-refractivity contribution < 1.29 is 38.6 Å². The van der Waals surface area contributed by atoms with Crippen LogP contribution in [0.15, 0.2) is 109 Å². The maximum Gasteiger partial charge on any atom is 0.407 e. The Balaban J connectivity index is 0.000000247. The van der Waals surface area contributed by atoms with Crippen molar-refractivity contribution in [3.63, 3.8) is 0 Å². The van der Waals surface area contributed by atoms with E-state index in [0.717, 1.165) is 52.6 Å². The number of unbranched alkanes of at least 4 members (excludes halogenated alkanes) is 4. The fourth-order valence-electron chi connectivity index (χ4n) is 7.52. The van der Waals surface area contributed by atoms with Gasteiger partial charge in [-0.25, -0.2) is 9.59 Å². The molecule has 344 valence electrons. The van der Waals surface area contributed by atoms with Gasteiger partial charge in [0.25, 0.3) is 0 Å². The van der Waals surface area contributed by atoms with Crippen molar-refractivity contribution in [3.05, 3.63) is 120 Å². The molecule has 0 unspecified atom stereocenters. The van der Waals surface area contributed by atoms with Gasteiger partial charge in [-0.15, -0.1) is 20.4 Å². The molecule has 1 amide bonds. The third kappa shape index (κ3) is 14.0. The van der Waals surface area contributed by atoms with Gasteiger partial charge in [0.1, 0.15) is 31.8 Å². The Morgan fingerprint density at radius 2 is 1.12 bits per heavy atom.